The lowest BCUT2D eigenvalue weighted by atomic mass is 10.1. The van der Waals surface area contributed by atoms with Crippen molar-refractivity contribution in [2.75, 3.05) is 5.75 Å². The van der Waals surface area contributed by atoms with Crippen LogP contribution in [0.3, 0.4) is 0 Å². The van der Waals surface area contributed by atoms with E-state index >= 15 is 0 Å². The molecule has 6 heteroatoms. The molecule has 1 saturated heterocycles. The van der Waals surface area contributed by atoms with Gasteiger partial charge in [0.2, 0.25) is 0 Å². The van der Waals surface area contributed by atoms with Crippen LogP contribution in [0, 0.1) is 5.92 Å². The number of carbonyl (C=O) groups is 2. The van der Waals surface area contributed by atoms with Crippen molar-refractivity contribution in [2.45, 2.75) is 31.7 Å². The zero-order valence-electron chi connectivity index (χ0n) is 10.9. The Hall–Kier alpha value is -1.43. The van der Waals surface area contributed by atoms with E-state index in [-0.39, 0.29) is 17.0 Å². The molecule has 2 atom stereocenters. The lowest BCUT2D eigenvalue weighted by Crippen LogP contribution is -2.45. The Morgan fingerprint density at radius 2 is 2.32 bits per heavy atom. The van der Waals surface area contributed by atoms with Crippen LogP contribution in [0.1, 0.15) is 30.8 Å². The highest BCUT2D eigenvalue weighted by Crippen LogP contribution is 2.34. The predicted octanol–water partition coefficient (Wildman–Crippen LogP) is 2.29. The molecule has 0 bridgehead atoms. The minimum Gasteiger partial charge on any atom is -0.480 e. The van der Waals surface area contributed by atoms with Gasteiger partial charge in [-0.25, -0.2) is 4.79 Å². The zero-order valence-corrected chi connectivity index (χ0v) is 11.7. The smallest absolute Gasteiger partial charge is 0.327 e. The van der Waals surface area contributed by atoms with Crippen LogP contribution in [-0.4, -0.2) is 39.1 Å². The summed E-state index contributed by atoms with van der Waals surface area (Å²) in [5, 5.41) is 9.15. The number of nitrogens with zero attached hydrogens (tertiary/aromatic N) is 1. The van der Waals surface area contributed by atoms with Gasteiger partial charge < -0.3 is 14.4 Å². The third-order valence-corrected chi connectivity index (χ3v) is 4.33. The lowest BCUT2D eigenvalue weighted by molar-refractivity contribution is -0.141. The first-order valence-corrected chi connectivity index (χ1v) is 7.26. The Morgan fingerprint density at radius 3 is 2.84 bits per heavy atom. The summed E-state index contributed by atoms with van der Waals surface area (Å²) in [6.07, 6.45) is 2.20. The number of carbonyl (C=O) groups excluding carboxylic acids is 1. The topological polar surface area (TPSA) is 70.8 Å². The molecule has 1 aliphatic rings. The van der Waals surface area contributed by atoms with Gasteiger partial charge >= 0.3 is 5.97 Å². The highest BCUT2D eigenvalue weighted by molar-refractivity contribution is 8.00. The number of hydrogen-bond donors (Lipinski definition) is 1. The second-order valence-corrected chi connectivity index (χ2v) is 6.17. The average Bonchev–Trinajstić information content (AvgIpc) is 2.95. The Kier molecular flexibility index (Phi) is 4.19. The Balaban J connectivity index is 2.23. The van der Waals surface area contributed by atoms with Crippen molar-refractivity contribution in [2.24, 2.45) is 5.92 Å². The second kappa shape index (κ2) is 5.69. The van der Waals surface area contributed by atoms with Crippen LogP contribution >= 0.6 is 11.8 Å². The molecule has 0 aromatic carbocycles. The quantitative estimate of drug-likeness (QED) is 0.918. The van der Waals surface area contributed by atoms with Crippen molar-refractivity contribution in [1.82, 2.24) is 4.90 Å². The molecule has 104 valence electrons. The summed E-state index contributed by atoms with van der Waals surface area (Å²) in [4.78, 5) is 25.1. The number of carboxylic acid groups (broad SMARTS) is 1. The minimum absolute atomic E-state index is 0.0984. The number of furan rings is 1. The first kappa shape index (κ1) is 14.0. The molecule has 0 saturated carbocycles. The first-order valence-electron chi connectivity index (χ1n) is 6.21. The SMILES string of the molecule is CC(C)C[C@H]1SC[C@H](C(=O)O)N1C(=O)c1ccco1. The van der Waals surface area contributed by atoms with Gasteiger partial charge in [0, 0.05) is 5.75 Å². The number of hydrogen-bond acceptors (Lipinski definition) is 4. The summed E-state index contributed by atoms with van der Waals surface area (Å²) in [5.41, 5.74) is 0. The van der Waals surface area contributed by atoms with Crippen LogP contribution in [0.15, 0.2) is 22.8 Å². The number of thioether (sulfide) groups is 1. The number of aliphatic carboxylic acids is 1. The molecule has 1 amide bonds. The molecule has 1 aromatic heterocycles. The molecule has 5 nitrogen and oxygen atoms in total. The van der Waals surface area contributed by atoms with E-state index in [1.807, 2.05) is 0 Å². The number of carboxylic acids is 1. The molecule has 1 N–H and O–H groups in total. The van der Waals surface area contributed by atoms with Gasteiger partial charge in [-0.2, -0.15) is 0 Å². The number of rotatable bonds is 4. The van der Waals surface area contributed by atoms with Crippen LogP contribution < -0.4 is 0 Å². The predicted molar refractivity (Wildman–Crippen MR) is 72.0 cm³/mol. The Bertz CT molecular complexity index is 457. The Morgan fingerprint density at radius 1 is 1.58 bits per heavy atom. The molecule has 0 aliphatic carbocycles. The fourth-order valence-electron chi connectivity index (χ4n) is 2.14. The van der Waals surface area contributed by atoms with Crippen molar-refractivity contribution in [3.8, 4) is 0 Å². The molecule has 2 rings (SSSR count). The third kappa shape index (κ3) is 2.94. The standard InChI is InChI=1S/C13H17NO4S/c1-8(2)6-11-14(9(7-19-11)13(16)17)12(15)10-4-3-5-18-10/h3-5,8-9,11H,6-7H2,1-2H3,(H,16,17)/t9-,11-/m1/s1. The molecular formula is C13H17NO4S. The van der Waals surface area contributed by atoms with E-state index in [4.69, 9.17) is 4.42 Å². The van der Waals surface area contributed by atoms with Gasteiger partial charge in [-0.05, 0) is 24.5 Å². The zero-order chi connectivity index (χ0) is 14.0. The lowest BCUT2D eigenvalue weighted by Gasteiger charge is -2.27. The van der Waals surface area contributed by atoms with Crippen LogP contribution in [0.4, 0.5) is 0 Å². The van der Waals surface area contributed by atoms with Gasteiger partial charge in [-0.15, -0.1) is 11.8 Å². The third-order valence-electron chi connectivity index (χ3n) is 3.02. The summed E-state index contributed by atoms with van der Waals surface area (Å²) in [5.74, 6) is -0.273. The maximum atomic E-state index is 12.4. The van der Waals surface area contributed by atoms with Crippen LogP contribution in [0.2, 0.25) is 0 Å². The van der Waals surface area contributed by atoms with Crippen molar-refractivity contribution in [3.05, 3.63) is 24.2 Å². The van der Waals surface area contributed by atoms with Crippen molar-refractivity contribution < 1.29 is 19.1 Å². The van der Waals surface area contributed by atoms with E-state index in [1.54, 1.807) is 12.1 Å². The first-order chi connectivity index (χ1) is 9.00. The second-order valence-electron chi connectivity index (χ2n) is 4.96. The maximum Gasteiger partial charge on any atom is 0.327 e. The molecule has 0 unspecified atom stereocenters. The molecular weight excluding hydrogens is 266 g/mol. The van der Waals surface area contributed by atoms with E-state index in [2.05, 4.69) is 13.8 Å². The molecule has 1 fully saturated rings. The van der Waals surface area contributed by atoms with Gasteiger partial charge in [-0.3, -0.25) is 4.79 Å². The summed E-state index contributed by atoms with van der Waals surface area (Å²) >= 11 is 1.52. The van der Waals surface area contributed by atoms with Crippen LogP contribution in [0.25, 0.3) is 0 Å². The van der Waals surface area contributed by atoms with Crippen molar-refractivity contribution in [1.29, 1.82) is 0 Å². The van der Waals surface area contributed by atoms with E-state index in [9.17, 15) is 14.7 Å². The van der Waals surface area contributed by atoms with Gasteiger partial charge in [0.05, 0.1) is 11.6 Å². The van der Waals surface area contributed by atoms with E-state index in [1.165, 1.54) is 22.9 Å². The maximum absolute atomic E-state index is 12.4. The summed E-state index contributed by atoms with van der Waals surface area (Å²) in [7, 11) is 0. The van der Waals surface area contributed by atoms with E-state index < -0.39 is 12.0 Å². The Labute approximate surface area is 116 Å². The van der Waals surface area contributed by atoms with Crippen molar-refractivity contribution in [3.63, 3.8) is 0 Å². The highest BCUT2D eigenvalue weighted by atomic mass is 32.2. The average molecular weight is 283 g/mol. The summed E-state index contributed by atoms with van der Waals surface area (Å²) in [6.45, 7) is 4.12. The number of amides is 1. The molecule has 1 aromatic rings. The van der Waals surface area contributed by atoms with Gasteiger partial charge in [0.25, 0.3) is 5.91 Å². The van der Waals surface area contributed by atoms with Gasteiger partial charge in [0.1, 0.15) is 6.04 Å². The van der Waals surface area contributed by atoms with E-state index in [0.29, 0.717) is 11.7 Å². The van der Waals surface area contributed by atoms with Gasteiger partial charge in [-0.1, -0.05) is 13.8 Å². The monoisotopic (exact) mass is 283 g/mol. The van der Waals surface area contributed by atoms with Crippen LogP contribution in [0.5, 0.6) is 0 Å². The highest BCUT2D eigenvalue weighted by Gasteiger charge is 2.42. The molecule has 19 heavy (non-hydrogen) atoms. The summed E-state index contributed by atoms with van der Waals surface area (Å²) in [6, 6.07) is 2.42. The molecule has 0 spiro atoms. The molecule has 1 aliphatic heterocycles. The van der Waals surface area contributed by atoms with Crippen molar-refractivity contribution >= 4 is 23.6 Å². The largest absolute Gasteiger partial charge is 0.480 e. The minimum atomic E-state index is -0.960. The molecule has 0 radical (unpaired) electrons. The van der Waals surface area contributed by atoms with Gasteiger partial charge in [0.15, 0.2) is 5.76 Å². The fraction of sp³-hybridized carbons (Fsp3) is 0.538. The molecule has 2 heterocycles. The fourth-order valence-corrected chi connectivity index (χ4v) is 3.77. The van der Waals surface area contributed by atoms with Crippen LogP contribution in [-0.2, 0) is 4.79 Å². The normalized spacial score (nSPS) is 23.0. The van der Waals surface area contributed by atoms with E-state index in [0.717, 1.165) is 6.42 Å². The summed E-state index contributed by atoms with van der Waals surface area (Å²) < 4.78 is 5.10.